The summed E-state index contributed by atoms with van der Waals surface area (Å²) >= 11 is 11.7. The topological polar surface area (TPSA) is 80.8 Å². The van der Waals surface area contributed by atoms with Gasteiger partial charge in [-0.3, -0.25) is 15.1 Å². The van der Waals surface area contributed by atoms with Crippen LogP contribution in [0.2, 0.25) is 5.02 Å². The van der Waals surface area contributed by atoms with Gasteiger partial charge in [-0.2, -0.15) is 0 Å². The molecule has 1 heterocycles. The van der Waals surface area contributed by atoms with Gasteiger partial charge in [0.25, 0.3) is 5.91 Å². The predicted molar refractivity (Wildman–Crippen MR) is 131 cm³/mol. The Bertz CT molecular complexity index is 1140. The molecule has 3 rings (SSSR count). The van der Waals surface area contributed by atoms with E-state index in [0.29, 0.717) is 40.7 Å². The third kappa shape index (κ3) is 6.27. The van der Waals surface area contributed by atoms with E-state index in [1.54, 1.807) is 60.6 Å². The monoisotopic (exact) mass is 483 g/mol. The van der Waals surface area contributed by atoms with Crippen LogP contribution in [0.15, 0.2) is 67.0 Å². The Labute approximate surface area is 202 Å². The number of anilines is 1. The third-order valence-corrected chi connectivity index (χ3v) is 5.28. The number of methoxy groups -OCH3 is 1. The fourth-order valence-electron chi connectivity index (χ4n) is 2.99. The van der Waals surface area contributed by atoms with Gasteiger partial charge in [-0.25, -0.2) is 4.79 Å². The Hall–Kier alpha value is -3.49. The minimum Gasteiger partial charge on any atom is -0.495 e. The van der Waals surface area contributed by atoms with Crippen molar-refractivity contribution in [1.29, 1.82) is 0 Å². The number of aromatic nitrogens is 1. The van der Waals surface area contributed by atoms with Crippen LogP contribution in [0, 0.1) is 0 Å². The van der Waals surface area contributed by atoms with Gasteiger partial charge < -0.3 is 14.4 Å². The lowest BCUT2D eigenvalue weighted by Gasteiger charge is -2.26. The highest BCUT2D eigenvalue weighted by atomic mass is 35.5. The maximum absolute atomic E-state index is 12.8. The van der Waals surface area contributed by atoms with Crippen LogP contribution in [0.4, 0.5) is 5.69 Å². The summed E-state index contributed by atoms with van der Waals surface area (Å²) in [6.07, 6.45) is 3.36. The number of hydrogen-bond donors (Lipinski definition) is 1. The minimum atomic E-state index is -0.410. The molecule has 170 valence electrons. The normalized spacial score (nSPS) is 10.3. The lowest BCUT2D eigenvalue weighted by atomic mass is 10.1. The molecule has 0 spiro atoms. The van der Waals surface area contributed by atoms with Crippen molar-refractivity contribution in [3.8, 4) is 5.75 Å². The smallest absolute Gasteiger partial charge is 0.338 e. The number of halogens is 1. The van der Waals surface area contributed by atoms with Crippen molar-refractivity contribution in [2.45, 2.75) is 13.5 Å². The highest BCUT2D eigenvalue weighted by Crippen LogP contribution is 2.25. The predicted octanol–water partition coefficient (Wildman–Crippen LogP) is 4.64. The third-order valence-electron chi connectivity index (χ3n) is 4.66. The molecule has 0 saturated heterocycles. The van der Waals surface area contributed by atoms with Crippen LogP contribution >= 0.6 is 23.8 Å². The molecule has 7 nitrogen and oxygen atoms in total. The SMILES string of the molecule is CCOC(=O)c1ccc(N(Cc2ccncc2)C(=S)NC(=O)c2ccc(OC)c(Cl)c2)cc1. The molecule has 9 heteroatoms. The van der Waals surface area contributed by atoms with Crippen molar-refractivity contribution in [1.82, 2.24) is 10.3 Å². The fraction of sp³-hybridized carbons (Fsp3) is 0.167. The molecule has 0 bridgehead atoms. The first-order valence-corrected chi connectivity index (χ1v) is 10.8. The number of amides is 1. The highest BCUT2D eigenvalue weighted by Gasteiger charge is 2.18. The second-order valence-electron chi connectivity index (χ2n) is 6.82. The molecule has 3 aromatic rings. The van der Waals surface area contributed by atoms with Crippen molar-refractivity contribution in [3.05, 3.63) is 88.7 Å². The largest absolute Gasteiger partial charge is 0.495 e. The first-order chi connectivity index (χ1) is 15.9. The van der Waals surface area contributed by atoms with Gasteiger partial charge >= 0.3 is 5.97 Å². The van der Waals surface area contributed by atoms with E-state index in [1.165, 1.54) is 13.2 Å². The molecule has 0 saturated carbocycles. The molecule has 0 unspecified atom stereocenters. The van der Waals surface area contributed by atoms with Crippen LogP contribution < -0.4 is 15.0 Å². The molecule has 1 aromatic heterocycles. The van der Waals surface area contributed by atoms with E-state index in [0.717, 1.165) is 5.56 Å². The van der Waals surface area contributed by atoms with Crippen molar-refractivity contribution in [2.75, 3.05) is 18.6 Å². The highest BCUT2D eigenvalue weighted by molar-refractivity contribution is 7.80. The fourth-order valence-corrected chi connectivity index (χ4v) is 3.51. The van der Waals surface area contributed by atoms with Gasteiger partial charge in [0.2, 0.25) is 0 Å². The molecule has 33 heavy (non-hydrogen) atoms. The van der Waals surface area contributed by atoms with Gasteiger partial charge in [0.1, 0.15) is 5.75 Å². The zero-order chi connectivity index (χ0) is 23.8. The van der Waals surface area contributed by atoms with Crippen LogP contribution in [0.5, 0.6) is 5.75 Å². The maximum Gasteiger partial charge on any atom is 0.338 e. The van der Waals surface area contributed by atoms with Gasteiger partial charge in [-0.15, -0.1) is 0 Å². The number of carbonyl (C=O) groups is 2. The molecule has 2 aromatic carbocycles. The molecule has 0 aliphatic carbocycles. The number of esters is 1. The molecular weight excluding hydrogens is 462 g/mol. The van der Waals surface area contributed by atoms with Crippen LogP contribution in [-0.4, -0.2) is 35.7 Å². The molecule has 0 fully saturated rings. The summed E-state index contributed by atoms with van der Waals surface area (Å²) in [5.41, 5.74) is 2.39. The van der Waals surface area contributed by atoms with Gasteiger partial charge in [-0.05, 0) is 79.3 Å². The van der Waals surface area contributed by atoms with E-state index in [-0.39, 0.29) is 5.11 Å². The van der Waals surface area contributed by atoms with E-state index in [4.69, 9.17) is 33.3 Å². The summed E-state index contributed by atoms with van der Waals surface area (Å²) in [5, 5.41) is 3.26. The van der Waals surface area contributed by atoms with Crippen molar-refractivity contribution >= 4 is 46.5 Å². The summed E-state index contributed by atoms with van der Waals surface area (Å²) in [6, 6.07) is 15.2. The second-order valence-corrected chi connectivity index (χ2v) is 7.61. The van der Waals surface area contributed by atoms with Gasteiger partial charge in [0.05, 0.1) is 30.8 Å². The zero-order valence-corrected chi connectivity index (χ0v) is 19.7. The molecule has 0 atom stereocenters. The van der Waals surface area contributed by atoms with Crippen LogP contribution in [0.3, 0.4) is 0 Å². The average molecular weight is 484 g/mol. The quantitative estimate of drug-likeness (QED) is 0.387. The molecule has 0 radical (unpaired) electrons. The van der Waals surface area contributed by atoms with Crippen LogP contribution in [0.1, 0.15) is 33.2 Å². The lowest BCUT2D eigenvalue weighted by molar-refractivity contribution is 0.0526. The Kier molecular flexibility index (Phi) is 8.34. The van der Waals surface area contributed by atoms with Crippen LogP contribution in [-0.2, 0) is 11.3 Å². The Balaban J connectivity index is 1.84. The molecule has 0 aliphatic rings. The first kappa shape index (κ1) is 24.2. The number of nitrogens with zero attached hydrogens (tertiary/aromatic N) is 2. The van der Waals surface area contributed by atoms with E-state index >= 15 is 0 Å². The van der Waals surface area contributed by atoms with Gasteiger partial charge in [0.15, 0.2) is 5.11 Å². The summed E-state index contributed by atoms with van der Waals surface area (Å²) in [6.45, 7) is 2.42. The number of thiocarbonyl (C=S) groups is 1. The maximum atomic E-state index is 12.8. The van der Waals surface area contributed by atoms with E-state index in [2.05, 4.69) is 10.3 Å². The van der Waals surface area contributed by atoms with Crippen LogP contribution in [0.25, 0.3) is 0 Å². The Morgan fingerprint density at radius 1 is 1.06 bits per heavy atom. The van der Waals surface area contributed by atoms with E-state index < -0.39 is 11.9 Å². The molecule has 0 aliphatic heterocycles. The first-order valence-electron chi connectivity index (χ1n) is 10.1. The Morgan fingerprint density at radius 2 is 1.73 bits per heavy atom. The number of hydrogen-bond acceptors (Lipinski definition) is 6. The number of pyridine rings is 1. The van der Waals surface area contributed by atoms with E-state index in [1.807, 2.05) is 12.1 Å². The molecule has 1 N–H and O–H groups in total. The van der Waals surface area contributed by atoms with E-state index in [9.17, 15) is 9.59 Å². The summed E-state index contributed by atoms with van der Waals surface area (Å²) in [5.74, 6) is -0.346. The van der Waals surface area contributed by atoms with Gasteiger partial charge in [-0.1, -0.05) is 11.6 Å². The second kappa shape index (κ2) is 11.4. The Morgan fingerprint density at radius 3 is 2.33 bits per heavy atom. The molecular formula is C24H22ClN3O4S. The van der Waals surface area contributed by atoms with Crippen molar-refractivity contribution < 1.29 is 19.1 Å². The number of carbonyl (C=O) groups excluding carboxylic acids is 2. The molecule has 1 amide bonds. The van der Waals surface area contributed by atoms with Crippen molar-refractivity contribution in [2.24, 2.45) is 0 Å². The van der Waals surface area contributed by atoms with Crippen molar-refractivity contribution in [3.63, 3.8) is 0 Å². The zero-order valence-electron chi connectivity index (χ0n) is 18.1. The van der Waals surface area contributed by atoms with Gasteiger partial charge in [0, 0.05) is 23.6 Å². The summed E-state index contributed by atoms with van der Waals surface area (Å²) < 4.78 is 10.2. The lowest BCUT2D eigenvalue weighted by Crippen LogP contribution is -2.42. The summed E-state index contributed by atoms with van der Waals surface area (Å²) in [7, 11) is 1.50. The number of ether oxygens (including phenoxy) is 2. The standard InChI is InChI=1S/C24H22ClN3O4S/c1-3-32-23(30)17-4-7-19(8-5-17)28(15-16-10-12-26-13-11-16)24(33)27-22(29)18-6-9-21(31-2)20(25)14-18/h4-14H,3,15H2,1-2H3,(H,27,29,33). The number of nitrogens with one attached hydrogen (secondary N) is 1. The number of benzene rings is 2. The number of rotatable bonds is 7. The summed E-state index contributed by atoms with van der Waals surface area (Å²) in [4.78, 5) is 30.6. The average Bonchev–Trinajstić information content (AvgIpc) is 2.83. The minimum absolute atomic E-state index is 0.188.